The lowest BCUT2D eigenvalue weighted by Crippen LogP contribution is -1.98. The zero-order chi connectivity index (χ0) is 28.2. The standard InChI is InChI=1S/C38H20N2O2/c39-21-31-29(23-10-2-1-3-11-23)20-30(26-15-8-14-25-24-12-4-6-17-33(24)42-38(25)26)32(22-40)36(31)28-16-9-19-35-37(28)27-13-5-7-18-34(27)41-35/h1-20H. The fourth-order valence-corrected chi connectivity index (χ4v) is 6.18. The van der Waals surface area contributed by atoms with Crippen molar-refractivity contribution in [3.63, 3.8) is 0 Å². The van der Waals surface area contributed by atoms with Crippen molar-refractivity contribution in [3.8, 4) is 45.5 Å². The van der Waals surface area contributed by atoms with Crippen molar-refractivity contribution >= 4 is 43.9 Å². The molecule has 0 aliphatic heterocycles. The molecule has 2 heterocycles. The summed E-state index contributed by atoms with van der Waals surface area (Å²) in [6.45, 7) is 0. The molecule has 0 fully saturated rings. The lowest BCUT2D eigenvalue weighted by Gasteiger charge is -2.17. The summed E-state index contributed by atoms with van der Waals surface area (Å²) in [6, 6.07) is 44.4. The normalized spacial score (nSPS) is 11.3. The average molecular weight is 537 g/mol. The summed E-state index contributed by atoms with van der Waals surface area (Å²) in [5.74, 6) is 0. The molecule has 0 saturated heterocycles. The van der Waals surface area contributed by atoms with E-state index in [0.29, 0.717) is 33.4 Å². The van der Waals surface area contributed by atoms with E-state index in [4.69, 9.17) is 8.83 Å². The van der Waals surface area contributed by atoms with E-state index in [1.165, 1.54) is 0 Å². The fourth-order valence-electron chi connectivity index (χ4n) is 6.18. The van der Waals surface area contributed by atoms with Crippen LogP contribution in [0.4, 0.5) is 0 Å². The Morgan fingerprint density at radius 3 is 1.83 bits per heavy atom. The second-order valence-corrected chi connectivity index (χ2v) is 10.2. The Labute approximate surface area is 240 Å². The van der Waals surface area contributed by atoms with Crippen molar-refractivity contribution in [2.24, 2.45) is 0 Å². The lowest BCUT2D eigenvalue weighted by atomic mass is 9.83. The molecule has 0 radical (unpaired) electrons. The lowest BCUT2D eigenvalue weighted by molar-refractivity contribution is 0.669. The van der Waals surface area contributed by atoms with Crippen molar-refractivity contribution in [2.75, 3.05) is 0 Å². The molecule has 0 saturated carbocycles. The third kappa shape index (κ3) is 3.40. The van der Waals surface area contributed by atoms with Gasteiger partial charge in [0.25, 0.3) is 0 Å². The van der Waals surface area contributed by atoms with Gasteiger partial charge in [-0.05, 0) is 35.4 Å². The summed E-state index contributed by atoms with van der Waals surface area (Å²) in [5.41, 5.74) is 8.31. The van der Waals surface area contributed by atoms with E-state index in [9.17, 15) is 10.5 Å². The average Bonchev–Trinajstić information content (AvgIpc) is 3.63. The SMILES string of the molecule is N#Cc1c(-c2ccccc2)cc(-c2cccc3c2oc2ccccc23)c(C#N)c1-c1cccc2oc3ccccc3c12. The van der Waals surface area contributed by atoms with Gasteiger partial charge in [-0.1, -0.05) is 97.1 Å². The zero-order valence-electron chi connectivity index (χ0n) is 22.3. The summed E-state index contributed by atoms with van der Waals surface area (Å²) in [4.78, 5) is 0. The first-order valence-corrected chi connectivity index (χ1v) is 13.6. The molecule has 42 heavy (non-hydrogen) atoms. The van der Waals surface area contributed by atoms with Crippen LogP contribution >= 0.6 is 0 Å². The molecule has 4 nitrogen and oxygen atoms in total. The van der Waals surface area contributed by atoms with Gasteiger partial charge in [-0.3, -0.25) is 0 Å². The molecule has 0 bridgehead atoms. The van der Waals surface area contributed by atoms with Crippen LogP contribution in [0.5, 0.6) is 0 Å². The molecule has 0 aliphatic carbocycles. The molecule has 0 atom stereocenters. The van der Waals surface area contributed by atoms with Crippen LogP contribution in [0.2, 0.25) is 0 Å². The molecule has 8 rings (SSSR count). The third-order valence-electron chi connectivity index (χ3n) is 8.00. The van der Waals surface area contributed by atoms with E-state index >= 15 is 0 Å². The predicted molar refractivity (Wildman–Crippen MR) is 167 cm³/mol. The van der Waals surface area contributed by atoms with E-state index in [0.717, 1.165) is 55.0 Å². The number of nitriles is 2. The zero-order valence-corrected chi connectivity index (χ0v) is 22.3. The van der Waals surface area contributed by atoms with E-state index in [-0.39, 0.29) is 0 Å². The number of furan rings is 2. The van der Waals surface area contributed by atoms with E-state index in [1.807, 2.05) is 121 Å². The van der Waals surface area contributed by atoms with Crippen LogP contribution in [0.3, 0.4) is 0 Å². The largest absolute Gasteiger partial charge is 0.456 e. The van der Waals surface area contributed by atoms with Gasteiger partial charge < -0.3 is 8.83 Å². The van der Waals surface area contributed by atoms with Crippen LogP contribution < -0.4 is 0 Å². The number of rotatable bonds is 3. The Balaban J connectivity index is 1.56. The van der Waals surface area contributed by atoms with Crippen LogP contribution in [0.15, 0.2) is 130 Å². The molecule has 0 N–H and O–H groups in total. The predicted octanol–water partition coefficient (Wildman–Crippen LogP) is 10.2. The minimum Gasteiger partial charge on any atom is -0.456 e. The minimum absolute atomic E-state index is 0.414. The Morgan fingerprint density at radius 1 is 0.452 bits per heavy atom. The third-order valence-corrected chi connectivity index (χ3v) is 8.00. The number of hydrogen-bond acceptors (Lipinski definition) is 4. The summed E-state index contributed by atoms with van der Waals surface area (Å²) >= 11 is 0. The van der Waals surface area contributed by atoms with Crippen molar-refractivity contribution in [3.05, 3.63) is 132 Å². The molecular formula is C38H20N2O2. The first-order chi connectivity index (χ1) is 20.8. The number of hydrogen-bond donors (Lipinski definition) is 0. The maximum absolute atomic E-state index is 10.8. The van der Waals surface area contributed by atoms with Gasteiger partial charge >= 0.3 is 0 Å². The Hall–Kier alpha value is -6.10. The summed E-state index contributed by atoms with van der Waals surface area (Å²) in [7, 11) is 0. The molecule has 0 unspecified atom stereocenters. The minimum atomic E-state index is 0.414. The monoisotopic (exact) mass is 536 g/mol. The van der Waals surface area contributed by atoms with E-state index in [1.54, 1.807) is 0 Å². The number of para-hydroxylation sites is 3. The highest BCUT2D eigenvalue weighted by Gasteiger charge is 2.25. The van der Waals surface area contributed by atoms with Crippen molar-refractivity contribution in [1.82, 2.24) is 0 Å². The van der Waals surface area contributed by atoms with Gasteiger partial charge in [0.05, 0.1) is 11.1 Å². The second kappa shape index (κ2) is 9.24. The smallest absolute Gasteiger partial charge is 0.143 e. The van der Waals surface area contributed by atoms with Gasteiger partial charge in [0.2, 0.25) is 0 Å². The molecule has 0 amide bonds. The molecule has 4 heteroatoms. The van der Waals surface area contributed by atoms with Crippen LogP contribution in [-0.2, 0) is 0 Å². The fraction of sp³-hybridized carbons (Fsp3) is 0. The molecule has 2 aromatic heterocycles. The quantitative estimate of drug-likeness (QED) is 0.225. The number of benzene rings is 6. The number of nitrogens with zero attached hydrogens (tertiary/aromatic N) is 2. The van der Waals surface area contributed by atoms with Gasteiger partial charge in [-0.15, -0.1) is 0 Å². The first-order valence-electron chi connectivity index (χ1n) is 13.6. The van der Waals surface area contributed by atoms with Crippen molar-refractivity contribution < 1.29 is 8.83 Å². The highest BCUT2D eigenvalue weighted by molar-refractivity contribution is 6.15. The van der Waals surface area contributed by atoms with Crippen molar-refractivity contribution in [1.29, 1.82) is 10.5 Å². The molecular weight excluding hydrogens is 516 g/mol. The van der Waals surface area contributed by atoms with Gasteiger partial charge in [0.1, 0.15) is 34.5 Å². The van der Waals surface area contributed by atoms with Gasteiger partial charge in [0.15, 0.2) is 0 Å². The highest BCUT2D eigenvalue weighted by Crippen LogP contribution is 2.46. The highest BCUT2D eigenvalue weighted by atomic mass is 16.3. The molecule has 0 spiro atoms. The summed E-state index contributed by atoms with van der Waals surface area (Å²) in [5, 5.41) is 25.3. The summed E-state index contributed by atoms with van der Waals surface area (Å²) in [6.07, 6.45) is 0. The van der Waals surface area contributed by atoms with E-state index < -0.39 is 0 Å². The second-order valence-electron chi connectivity index (χ2n) is 10.2. The van der Waals surface area contributed by atoms with Gasteiger partial charge in [-0.2, -0.15) is 10.5 Å². The maximum atomic E-state index is 10.8. The van der Waals surface area contributed by atoms with Crippen molar-refractivity contribution in [2.45, 2.75) is 0 Å². The molecule has 8 aromatic rings. The van der Waals surface area contributed by atoms with Gasteiger partial charge in [-0.25, -0.2) is 0 Å². The summed E-state index contributed by atoms with van der Waals surface area (Å²) < 4.78 is 12.6. The van der Waals surface area contributed by atoms with Gasteiger partial charge in [0, 0.05) is 43.8 Å². The maximum Gasteiger partial charge on any atom is 0.143 e. The van der Waals surface area contributed by atoms with Crippen LogP contribution in [0, 0.1) is 22.7 Å². The van der Waals surface area contributed by atoms with Crippen LogP contribution in [-0.4, -0.2) is 0 Å². The molecule has 6 aromatic carbocycles. The number of fused-ring (bicyclic) bond motifs is 6. The van der Waals surface area contributed by atoms with Crippen LogP contribution in [0.25, 0.3) is 77.3 Å². The molecule has 194 valence electrons. The topological polar surface area (TPSA) is 73.9 Å². The van der Waals surface area contributed by atoms with E-state index in [2.05, 4.69) is 12.1 Å². The molecule has 0 aliphatic rings. The Kier molecular flexibility index (Phi) is 5.22. The van der Waals surface area contributed by atoms with Crippen LogP contribution in [0.1, 0.15) is 11.1 Å². The Bertz CT molecular complexity index is 2430. The first kappa shape index (κ1) is 23.8. The Morgan fingerprint density at radius 2 is 1.05 bits per heavy atom.